The van der Waals surface area contributed by atoms with Gasteiger partial charge in [0.15, 0.2) is 10.1 Å². The minimum absolute atomic E-state index is 0.0475. The van der Waals surface area contributed by atoms with Crippen LogP contribution in [0.3, 0.4) is 0 Å². The van der Waals surface area contributed by atoms with E-state index in [0.29, 0.717) is 44.2 Å². The lowest BCUT2D eigenvalue weighted by Gasteiger charge is -2.42. The Morgan fingerprint density at radius 1 is 1.20 bits per heavy atom. The second-order valence-electron chi connectivity index (χ2n) is 11.0. The molecule has 2 heterocycles. The zero-order chi connectivity index (χ0) is 29.5. The fraction of sp³-hybridized carbons (Fsp3) is 0.300. The molecule has 2 aromatic carbocycles. The van der Waals surface area contributed by atoms with Crippen LogP contribution in [0.2, 0.25) is 5.02 Å². The lowest BCUT2D eigenvalue weighted by molar-refractivity contribution is -0.118. The van der Waals surface area contributed by atoms with Gasteiger partial charge in [-0.1, -0.05) is 84.9 Å². The van der Waals surface area contributed by atoms with Gasteiger partial charge < -0.3 is 11.1 Å². The van der Waals surface area contributed by atoms with E-state index in [9.17, 15) is 14.9 Å². The highest BCUT2D eigenvalue weighted by atomic mass is 35.5. The minimum atomic E-state index is -0.668. The van der Waals surface area contributed by atoms with Crippen LogP contribution in [0.15, 0.2) is 69.5 Å². The predicted molar refractivity (Wildman–Crippen MR) is 164 cm³/mol. The van der Waals surface area contributed by atoms with Crippen LogP contribution in [-0.2, 0) is 9.59 Å². The lowest BCUT2D eigenvalue weighted by Crippen LogP contribution is -2.42. The molecule has 1 unspecified atom stereocenters. The fourth-order valence-electron chi connectivity index (χ4n) is 5.41. The fourth-order valence-corrected chi connectivity index (χ4v) is 7.34. The number of Topliss-reactive ketones (excluding diaryl/α,β-unsaturated/α-hetero) is 1. The molecule has 41 heavy (non-hydrogen) atoms. The molecule has 3 aromatic rings. The van der Waals surface area contributed by atoms with Gasteiger partial charge in [0.2, 0.25) is 11.0 Å². The van der Waals surface area contributed by atoms with Gasteiger partial charge in [-0.25, -0.2) is 0 Å². The monoisotopic (exact) mass is 604 g/mol. The largest absolute Gasteiger partial charge is 0.384 e. The number of carbonyl (C=O) groups is 2. The summed E-state index contributed by atoms with van der Waals surface area (Å²) in [5.74, 6) is -0.527. The number of amides is 1. The molecule has 210 valence electrons. The molecule has 8 nitrogen and oxygen atoms in total. The van der Waals surface area contributed by atoms with Gasteiger partial charge in [-0.3, -0.25) is 14.5 Å². The summed E-state index contributed by atoms with van der Waals surface area (Å²) in [7, 11) is 0. The molecule has 0 saturated carbocycles. The molecule has 0 fully saturated rings. The maximum Gasteiger partial charge on any atom is 0.234 e. The Balaban J connectivity index is 1.47. The Morgan fingerprint density at radius 2 is 1.90 bits per heavy atom. The van der Waals surface area contributed by atoms with Gasteiger partial charge in [0.1, 0.15) is 5.82 Å². The zero-order valence-corrected chi connectivity index (χ0v) is 25.5. The number of allylic oxidation sites excluding steroid dienone is 3. The van der Waals surface area contributed by atoms with Crippen molar-refractivity contribution in [3.63, 3.8) is 0 Å². The van der Waals surface area contributed by atoms with E-state index in [0.717, 1.165) is 16.8 Å². The highest BCUT2D eigenvalue weighted by Gasteiger charge is 2.45. The average Bonchev–Trinajstić information content (AvgIpc) is 3.37. The SMILES string of the molecule is Cc1cccc(C)c1NC(=O)CSc1nnc(N2C(N)=C(C#N)C(c3ccccc3Cl)C3=C2CC(C)(C)CC3=O)s1. The van der Waals surface area contributed by atoms with Crippen molar-refractivity contribution < 1.29 is 9.59 Å². The molecule has 0 spiro atoms. The number of nitrogens with one attached hydrogen (secondary N) is 1. The van der Waals surface area contributed by atoms with Gasteiger partial charge in [-0.05, 0) is 48.4 Å². The molecule has 11 heteroatoms. The molecular formula is C30H29ClN6O2S2. The number of ketones is 1. The number of hydrogen-bond acceptors (Lipinski definition) is 9. The lowest BCUT2D eigenvalue weighted by atomic mass is 9.68. The first-order valence-corrected chi connectivity index (χ1v) is 15.2. The molecule has 0 bridgehead atoms. The topological polar surface area (TPSA) is 125 Å². The van der Waals surface area contributed by atoms with Crippen molar-refractivity contribution in [2.75, 3.05) is 16.0 Å². The maximum absolute atomic E-state index is 13.7. The molecular weight excluding hydrogens is 576 g/mol. The maximum atomic E-state index is 13.7. The number of nitrogens with zero attached hydrogens (tertiary/aromatic N) is 4. The van der Waals surface area contributed by atoms with E-state index in [1.54, 1.807) is 11.0 Å². The zero-order valence-electron chi connectivity index (χ0n) is 23.1. The van der Waals surface area contributed by atoms with Crippen molar-refractivity contribution >= 4 is 57.2 Å². The Labute approximate surface area is 252 Å². The molecule has 0 saturated heterocycles. The molecule has 1 amide bonds. The second kappa shape index (κ2) is 11.3. The second-order valence-corrected chi connectivity index (χ2v) is 13.5. The third-order valence-corrected chi connectivity index (χ3v) is 9.64. The van der Waals surface area contributed by atoms with Crippen molar-refractivity contribution in [1.82, 2.24) is 10.2 Å². The van der Waals surface area contributed by atoms with Crippen molar-refractivity contribution in [2.24, 2.45) is 11.1 Å². The number of nitrogens with two attached hydrogens (primary N) is 1. The third kappa shape index (κ3) is 5.62. The van der Waals surface area contributed by atoms with E-state index in [1.807, 2.05) is 64.1 Å². The van der Waals surface area contributed by atoms with Crippen molar-refractivity contribution in [2.45, 2.75) is 50.8 Å². The summed E-state index contributed by atoms with van der Waals surface area (Å²) >= 11 is 9.10. The van der Waals surface area contributed by atoms with E-state index in [2.05, 4.69) is 21.6 Å². The first-order chi connectivity index (χ1) is 19.5. The standard InChI is InChI=1S/C30H29ClN6O2S2/c1-16-8-7-9-17(2)26(16)34-23(39)15-40-29-36-35-28(41-29)37-21-12-30(3,4)13-22(38)25(21)24(19(14-32)27(37)33)18-10-5-6-11-20(18)31/h5-11,24H,12-13,15,33H2,1-4H3,(H,34,39). The van der Waals surface area contributed by atoms with Crippen LogP contribution in [-0.4, -0.2) is 27.6 Å². The number of hydrogen-bond donors (Lipinski definition) is 2. The summed E-state index contributed by atoms with van der Waals surface area (Å²) in [5.41, 5.74) is 11.3. The van der Waals surface area contributed by atoms with Gasteiger partial charge in [0.05, 0.1) is 23.3 Å². The van der Waals surface area contributed by atoms with Crippen LogP contribution in [0, 0.1) is 30.6 Å². The van der Waals surface area contributed by atoms with Crippen LogP contribution >= 0.6 is 34.7 Å². The number of benzene rings is 2. The first kappa shape index (κ1) is 28.9. The number of para-hydroxylation sites is 1. The third-order valence-electron chi connectivity index (χ3n) is 7.26. The normalized spacial score (nSPS) is 18.3. The van der Waals surface area contributed by atoms with E-state index in [4.69, 9.17) is 17.3 Å². The molecule has 5 rings (SSSR count). The summed E-state index contributed by atoms with van der Waals surface area (Å²) < 4.78 is 0.569. The Bertz CT molecular complexity index is 1650. The molecule has 1 aliphatic heterocycles. The van der Waals surface area contributed by atoms with Crippen LogP contribution in [0.4, 0.5) is 10.8 Å². The quantitative estimate of drug-likeness (QED) is 0.306. The van der Waals surface area contributed by atoms with Gasteiger partial charge in [0.25, 0.3) is 0 Å². The Morgan fingerprint density at radius 3 is 2.59 bits per heavy atom. The van der Waals surface area contributed by atoms with E-state index in [-0.39, 0.29) is 34.3 Å². The van der Waals surface area contributed by atoms with Crippen molar-refractivity contribution in [3.8, 4) is 6.07 Å². The first-order valence-electron chi connectivity index (χ1n) is 13.0. The summed E-state index contributed by atoms with van der Waals surface area (Å²) in [4.78, 5) is 28.1. The van der Waals surface area contributed by atoms with E-state index < -0.39 is 5.92 Å². The van der Waals surface area contributed by atoms with E-state index in [1.165, 1.54) is 23.1 Å². The summed E-state index contributed by atoms with van der Waals surface area (Å²) in [5, 5.41) is 22.8. The smallest absolute Gasteiger partial charge is 0.234 e. The molecule has 1 aromatic heterocycles. The average molecular weight is 605 g/mol. The summed E-state index contributed by atoms with van der Waals surface area (Å²) in [6.07, 6.45) is 0.889. The Kier molecular flexibility index (Phi) is 7.97. The van der Waals surface area contributed by atoms with Crippen molar-refractivity contribution in [1.29, 1.82) is 5.26 Å². The number of thioether (sulfide) groups is 1. The number of carbonyl (C=O) groups excluding carboxylic acids is 2. The van der Waals surface area contributed by atoms with Crippen molar-refractivity contribution in [3.05, 3.63) is 86.8 Å². The summed E-state index contributed by atoms with van der Waals surface area (Å²) in [6, 6.07) is 15.3. The predicted octanol–water partition coefficient (Wildman–Crippen LogP) is 6.48. The minimum Gasteiger partial charge on any atom is -0.384 e. The molecule has 1 aliphatic carbocycles. The molecule has 0 radical (unpaired) electrons. The molecule has 1 atom stereocenters. The number of rotatable bonds is 6. The number of aryl methyl sites for hydroxylation is 2. The Hall–Kier alpha value is -3.65. The molecule has 3 N–H and O–H groups in total. The number of anilines is 2. The number of nitriles is 1. The van der Waals surface area contributed by atoms with E-state index >= 15 is 0 Å². The highest BCUT2D eigenvalue weighted by molar-refractivity contribution is 8.01. The molecule has 2 aliphatic rings. The van der Waals surface area contributed by atoms with Crippen LogP contribution in [0.5, 0.6) is 0 Å². The van der Waals surface area contributed by atoms with Crippen LogP contribution < -0.4 is 16.0 Å². The highest BCUT2D eigenvalue weighted by Crippen LogP contribution is 2.51. The van der Waals surface area contributed by atoms with Crippen LogP contribution in [0.1, 0.15) is 49.3 Å². The van der Waals surface area contributed by atoms with Crippen LogP contribution in [0.25, 0.3) is 0 Å². The van der Waals surface area contributed by atoms with Gasteiger partial charge >= 0.3 is 0 Å². The van der Waals surface area contributed by atoms with Gasteiger partial charge in [-0.2, -0.15) is 5.26 Å². The van der Waals surface area contributed by atoms with Gasteiger partial charge in [0, 0.05) is 28.4 Å². The van der Waals surface area contributed by atoms with Gasteiger partial charge in [-0.15, -0.1) is 10.2 Å². The number of aromatic nitrogens is 2. The summed E-state index contributed by atoms with van der Waals surface area (Å²) in [6.45, 7) is 7.98. The number of halogens is 1.